The molecule has 0 aromatic carbocycles. The standard InChI is InChI=1S/C12H21N3O/c1-5-16-8-11(9(2)3)14-12-6-10(4)7-13-15-12/h6-7,9,11H,5,8H2,1-4H3,(H,14,15). The lowest BCUT2D eigenvalue weighted by Crippen LogP contribution is -2.31. The lowest BCUT2D eigenvalue weighted by atomic mass is 10.1. The van der Waals surface area contributed by atoms with Crippen molar-refractivity contribution in [2.45, 2.75) is 33.7 Å². The van der Waals surface area contributed by atoms with Gasteiger partial charge >= 0.3 is 0 Å². The van der Waals surface area contributed by atoms with Crippen LogP contribution in [0, 0.1) is 12.8 Å². The average Bonchev–Trinajstić information content (AvgIpc) is 2.24. The highest BCUT2D eigenvalue weighted by Crippen LogP contribution is 2.11. The van der Waals surface area contributed by atoms with Crippen LogP contribution in [0.25, 0.3) is 0 Å². The summed E-state index contributed by atoms with van der Waals surface area (Å²) in [4.78, 5) is 0. The molecular weight excluding hydrogens is 202 g/mol. The first-order valence-electron chi connectivity index (χ1n) is 5.77. The normalized spacial score (nSPS) is 12.8. The van der Waals surface area contributed by atoms with Crippen LogP contribution in [-0.4, -0.2) is 29.5 Å². The molecule has 0 bridgehead atoms. The molecule has 4 heteroatoms. The summed E-state index contributed by atoms with van der Waals surface area (Å²) in [5, 5.41) is 11.3. The van der Waals surface area contributed by atoms with E-state index in [1.165, 1.54) is 0 Å². The molecule has 0 radical (unpaired) electrons. The van der Waals surface area contributed by atoms with Gasteiger partial charge in [0.05, 0.1) is 18.8 Å². The van der Waals surface area contributed by atoms with Crippen molar-refractivity contribution < 1.29 is 4.74 Å². The maximum Gasteiger partial charge on any atom is 0.149 e. The summed E-state index contributed by atoms with van der Waals surface area (Å²) in [6.07, 6.45) is 1.75. The van der Waals surface area contributed by atoms with Crippen LogP contribution in [-0.2, 0) is 4.74 Å². The number of aryl methyl sites for hydroxylation is 1. The molecule has 1 aromatic rings. The van der Waals surface area contributed by atoms with Crippen molar-refractivity contribution in [1.82, 2.24) is 10.2 Å². The van der Waals surface area contributed by atoms with Crippen molar-refractivity contribution in [1.29, 1.82) is 0 Å². The summed E-state index contributed by atoms with van der Waals surface area (Å²) < 4.78 is 5.45. The van der Waals surface area contributed by atoms with Crippen molar-refractivity contribution in [3.63, 3.8) is 0 Å². The largest absolute Gasteiger partial charge is 0.380 e. The van der Waals surface area contributed by atoms with Crippen LogP contribution in [0.15, 0.2) is 12.3 Å². The van der Waals surface area contributed by atoms with E-state index in [9.17, 15) is 0 Å². The van der Waals surface area contributed by atoms with Crippen molar-refractivity contribution in [2.24, 2.45) is 5.92 Å². The summed E-state index contributed by atoms with van der Waals surface area (Å²) in [5.74, 6) is 1.31. The predicted octanol–water partition coefficient (Wildman–Crippen LogP) is 2.26. The van der Waals surface area contributed by atoms with Crippen molar-refractivity contribution in [3.8, 4) is 0 Å². The maximum absolute atomic E-state index is 5.45. The fraction of sp³-hybridized carbons (Fsp3) is 0.667. The topological polar surface area (TPSA) is 47.0 Å². The number of aromatic nitrogens is 2. The van der Waals surface area contributed by atoms with Gasteiger partial charge in [-0.1, -0.05) is 13.8 Å². The van der Waals surface area contributed by atoms with Gasteiger partial charge in [0, 0.05) is 6.61 Å². The van der Waals surface area contributed by atoms with E-state index < -0.39 is 0 Å². The van der Waals surface area contributed by atoms with E-state index in [4.69, 9.17) is 4.74 Å². The third-order valence-electron chi connectivity index (χ3n) is 2.43. The Kier molecular flexibility index (Phi) is 5.19. The second kappa shape index (κ2) is 6.43. The Morgan fingerprint density at radius 3 is 2.75 bits per heavy atom. The maximum atomic E-state index is 5.45. The van der Waals surface area contributed by atoms with Crippen LogP contribution in [0.5, 0.6) is 0 Å². The third kappa shape index (κ3) is 4.14. The zero-order chi connectivity index (χ0) is 12.0. The minimum absolute atomic E-state index is 0.274. The molecule has 1 aromatic heterocycles. The van der Waals surface area contributed by atoms with Crippen LogP contribution in [0.3, 0.4) is 0 Å². The molecule has 0 fully saturated rings. The second-order valence-electron chi connectivity index (χ2n) is 4.27. The Balaban J connectivity index is 2.60. The lowest BCUT2D eigenvalue weighted by Gasteiger charge is -2.22. The molecule has 1 heterocycles. The molecule has 16 heavy (non-hydrogen) atoms. The molecule has 90 valence electrons. The minimum atomic E-state index is 0.274. The molecule has 0 aliphatic heterocycles. The van der Waals surface area contributed by atoms with Gasteiger partial charge in [-0.2, -0.15) is 5.10 Å². The quantitative estimate of drug-likeness (QED) is 0.803. The molecular formula is C12H21N3O. The molecule has 1 N–H and O–H groups in total. The first kappa shape index (κ1) is 12.9. The Hall–Kier alpha value is -1.16. The fourth-order valence-electron chi connectivity index (χ4n) is 1.37. The van der Waals surface area contributed by atoms with E-state index in [0.717, 1.165) is 18.0 Å². The van der Waals surface area contributed by atoms with Crippen LogP contribution >= 0.6 is 0 Å². The van der Waals surface area contributed by atoms with E-state index in [2.05, 4.69) is 29.4 Å². The summed E-state index contributed by atoms with van der Waals surface area (Å²) in [6, 6.07) is 2.27. The van der Waals surface area contributed by atoms with Crippen molar-refractivity contribution in [2.75, 3.05) is 18.5 Å². The number of nitrogens with one attached hydrogen (secondary N) is 1. The molecule has 0 amide bonds. The number of ether oxygens (including phenoxy) is 1. The van der Waals surface area contributed by atoms with Gasteiger partial charge in [-0.3, -0.25) is 0 Å². The van der Waals surface area contributed by atoms with Gasteiger partial charge in [0.25, 0.3) is 0 Å². The smallest absolute Gasteiger partial charge is 0.149 e. The molecule has 0 aliphatic rings. The van der Waals surface area contributed by atoms with Crippen LogP contribution < -0.4 is 5.32 Å². The number of hydrogen-bond donors (Lipinski definition) is 1. The average molecular weight is 223 g/mol. The van der Waals surface area contributed by atoms with Gasteiger partial charge in [0.2, 0.25) is 0 Å². The fourth-order valence-corrected chi connectivity index (χ4v) is 1.37. The number of anilines is 1. The molecule has 1 atom stereocenters. The van der Waals surface area contributed by atoms with Crippen LogP contribution in [0.2, 0.25) is 0 Å². The Labute approximate surface area is 97.4 Å². The Morgan fingerprint density at radius 1 is 1.44 bits per heavy atom. The molecule has 0 aliphatic carbocycles. The second-order valence-corrected chi connectivity index (χ2v) is 4.27. The Morgan fingerprint density at radius 2 is 2.19 bits per heavy atom. The van der Waals surface area contributed by atoms with Gasteiger partial charge in [0.1, 0.15) is 5.82 Å². The van der Waals surface area contributed by atoms with E-state index in [1.54, 1.807) is 6.20 Å². The molecule has 0 saturated heterocycles. The molecule has 0 spiro atoms. The SMILES string of the molecule is CCOCC(Nc1cc(C)cnn1)C(C)C. The first-order valence-corrected chi connectivity index (χ1v) is 5.77. The number of rotatable bonds is 6. The molecule has 1 unspecified atom stereocenters. The van der Waals surface area contributed by atoms with E-state index in [1.807, 2.05) is 19.9 Å². The van der Waals surface area contributed by atoms with Gasteiger partial charge < -0.3 is 10.1 Å². The molecule has 1 rings (SSSR count). The summed E-state index contributed by atoms with van der Waals surface area (Å²) in [5.41, 5.74) is 1.11. The Bertz CT molecular complexity index is 315. The van der Waals surface area contributed by atoms with Crippen LogP contribution in [0.1, 0.15) is 26.3 Å². The van der Waals surface area contributed by atoms with Crippen molar-refractivity contribution in [3.05, 3.63) is 17.8 Å². The van der Waals surface area contributed by atoms with Gasteiger partial charge in [0.15, 0.2) is 0 Å². The molecule has 4 nitrogen and oxygen atoms in total. The minimum Gasteiger partial charge on any atom is -0.380 e. The van der Waals surface area contributed by atoms with E-state index >= 15 is 0 Å². The first-order chi connectivity index (χ1) is 7.63. The zero-order valence-corrected chi connectivity index (χ0v) is 10.5. The van der Waals surface area contributed by atoms with Gasteiger partial charge in [-0.25, -0.2) is 0 Å². The van der Waals surface area contributed by atoms with Crippen LogP contribution in [0.4, 0.5) is 5.82 Å². The van der Waals surface area contributed by atoms with Gasteiger partial charge in [-0.15, -0.1) is 5.10 Å². The predicted molar refractivity (Wildman–Crippen MR) is 65.5 cm³/mol. The number of hydrogen-bond acceptors (Lipinski definition) is 4. The van der Waals surface area contributed by atoms with Gasteiger partial charge in [-0.05, 0) is 31.4 Å². The van der Waals surface area contributed by atoms with E-state index in [-0.39, 0.29) is 6.04 Å². The lowest BCUT2D eigenvalue weighted by molar-refractivity contribution is 0.126. The summed E-state index contributed by atoms with van der Waals surface area (Å²) >= 11 is 0. The highest BCUT2D eigenvalue weighted by atomic mass is 16.5. The monoisotopic (exact) mass is 223 g/mol. The third-order valence-corrected chi connectivity index (χ3v) is 2.43. The number of nitrogens with zero attached hydrogens (tertiary/aromatic N) is 2. The molecule has 0 saturated carbocycles. The summed E-state index contributed by atoms with van der Waals surface area (Å²) in [7, 11) is 0. The highest BCUT2D eigenvalue weighted by Gasteiger charge is 2.13. The highest BCUT2D eigenvalue weighted by molar-refractivity contribution is 5.36. The zero-order valence-electron chi connectivity index (χ0n) is 10.5. The summed E-state index contributed by atoms with van der Waals surface area (Å²) in [6.45, 7) is 9.78. The van der Waals surface area contributed by atoms with E-state index in [0.29, 0.717) is 12.5 Å². The van der Waals surface area contributed by atoms with Crippen molar-refractivity contribution >= 4 is 5.82 Å².